The molecule has 0 bridgehead atoms. The van der Waals surface area contributed by atoms with E-state index in [-0.39, 0.29) is 11.8 Å². The van der Waals surface area contributed by atoms with Gasteiger partial charge in [-0.1, -0.05) is 36.4 Å². The van der Waals surface area contributed by atoms with Gasteiger partial charge in [0.25, 0.3) is 5.91 Å². The number of benzene rings is 2. The lowest BCUT2D eigenvalue weighted by atomic mass is 10.1. The van der Waals surface area contributed by atoms with E-state index < -0.39 is 6.04 Å². The summed E-state index contributed by atoms with van der Waals surface area (Å²) in [5.74, 6) is -0.274. The van der Waals surface area contributed by atoms with Gasteiger partial charge < -0.3 is 5.32 Å². The third-order valence-electron chi connectivity index (χ3n) is 3.85. The van der Waals surface area contributed by atoms with Gasteiger partial charge in [-0.2, -0.15) is 0 Å². The average Bonchev–Trinajstić information content (AvgIpc) is 2.66. The Morgan fingerprint density at radius 2 is 1.77 bits per heavy atom. The number of amides is 2. The summed E-state index contributed by atoms with van der Waals surface area (Å²) in [4.78, 5) is 26.1. The molecule has 22 heavy (non-hydrogen) atoms. The highest BCUT2D eigenvalue weighted by Gasteiger charge is 2.31. The Morgan fingerprint density at radius 3 is 2.50 bits per heavy atom. The number of carbonyl (C=O) groups excluding carboxylic acids is 2. The molecule has 2 amide bonds. The minimum absolute atomic E-state index is 0.0913. The van der Waals surface area contributed by atoms with Crippen LogP contribution in [0.1, 0.15) is 18.9 Å². The molecule has 0 fully saturated rings. The molecule has 1 atom stereocenters. The third-order valence-corrected chi connectivity index (χ3v) is 3.85. The Balaban J connectivity index is 2.08. The van der Waals surface area contributed by atoms with Crippen molar-refractivity contribution in [1.29, 1.82) is 0 Å². The first-order chi connectivity index (χ1) is 10.7. The van der Waals surface area contributed by atoms with Gasteiger partial charge in [0.15, 0.2) is 0 Å². The molecule has 0 aliphatic carbocycles. The molecule has 0 spiro atoms. The average molecular weight is 294 g/mol. The van der Waals surface area contributed by atoms with Crippen LogP contribution in [0.15, 0.2) is 54.6 Å². The summed E-state index contributed by atoms with van der Waals surface area (Å²) in [6, 6.07) is 17.0. The molecule has 0 radical (unpaired) electrons. The Hall–Kier alpha value is -2.62. The maximum atomic E-state index is 13.0. The lowest BCUT2D eigenvalue weighted by Gasteiger charge is -2.26. The molecule has 0 saturated carbocycles. The van der Waals surface area contributed by atoms with Gasteiger partial charge in [-0.15, -0.1) is 0 Å². The molecule has 2 aromatic rings. The van der Waals surface area contributed by atoms with Crippen molar-refractivity contribution >= 4 is 23.2 Å². The quantitative estimate of drug-likeness (QED) is 0.926. The van der Waals surface area contributed by atoms with Crippen molar-refractivity contribution in [2.24, 2.45) is 0 Å². The zero-order valence-electron chi connectivity index (χ0n) is 12.5. The SMILES string of the molecule is CC(=O)NC1CCc2ccccc2N(c2ccccc2)C1=O. The van der Waals surface area contributed by atoms with Gasteiger partial charge in [0.2, 0.25) is 5.91 Å². The summed E-state index contributed by atoms with van der Waals surface area (Å²) in [5.41, 5.74) is 2.83. The number of fused-ring (bicyclic) bond motifs is 1. The van der Waals surface area contributed by atoms with Crippen molar-refractivity contribution in [3.63, 3.8) is 0 Å². The van der Waals surface area contributed by atoms with Crippen LogP contribution in [-0.4, -0.2) is 17.9 Å². The fourth-order valence-corrected chi connectivity index (χ4v) is 2.86. The molecule has 0 saturated heterocycles. The smallest absolute Gasteiger partial charge is 0.254 e. The molecule has 1 N–H and O–H groups in total. The second-order valence-corrected chi connectivity index (χ2v) is 5.43. The summed E-state index contributed by atoms with van der Waals surface area (Å²) in [7, 11) is 0. The van der Waals surface area contributed by atoms with E-state index in [1.807, 2.05) is 54.6 Å². The molecule has 4 heteroatoms. The monoisotopic (exact) mass is 294 g/mol. The van der Waals surface area contributed by atoms with Crippen molar-refractivity contribution in [3.05, 3.63) is 60.2 Å². The highest BCUT2D eigenvalue weighted by molar-refractivity contribution is 6.05. The van der Waals surface area contributed by atoms with Crippen LogP contribution in [-0.2, 0) is 16.0 Å². The van der Waals surface area contributed by atoms with Crippen LogP contribution in [0, 0.1) is 0 Å². The topological polar surface area (TPSA) is 49.4 Å². The first kappa shape index (κ1) is 14.3. The highest BCUT2D eigenvalue weighted by atomic mass is 16.2. The number of rotatable bonds is 2. The zero-order chi connectivity index (χ0) is 15.5. The van der Waals surface area contributed by atoms with E-state index in [1.165, 1.54) is 6.92 Å². The molecule has 1 heterocycles. The number of nitrogens with one attached hydrogen (secondary N) is 1. The van der Waals surface area contributed by atoms with E-state index in [0.29, 0.717) is 6.42 Å². The molecule has 1 aliphatic rings. The lowest BCUT2D eigenvalue weighted by molar-refractivity contribution is -0.126. The number of hydrogen-bond donors (Lipinski definition) is 1. The minimum Gasteiger partial charge on any atom is -0.345 e. The Morgan fingerprint density at radius 1 is 1.09 bits per heavy atom. The predicted octanol–water partition coefficient (Wildman–Crippen LogP) is 2.80. The van der Waals surface area contributed by atoms with Crippen molar-refractivity contribution < 1.29 is 9.59 Å². The van der Waals surface area contributed by atoms with E-state index in [9.17, 15) is 9.59 Å². The van der Waals surface area contributed by atoms with Gasteiger partial charge in [-0.3, -0.25) is 14.5 Å². The number of anilines is 2. The van der Waals surface area contributed by atoms with Crippen molar-refractivity contribution in [2.45, 2.75) is 25.8 Å². The Bertz CT molecular complexity index is 697. The van der Waals surface area contributed by atoms with E-state index in [2.05, 4.69) is 5.32 Å². The van der Waals surface area contributed by atoms with Crippen LogP contribution in [0.5, 0.6) is 0 Å². The second-order valence-electron chi connectivity index (χ2n) is 5.43. The highest BCUT2D eigenvalue weighted by Crippen LogP contribution is 2.33. The van der Waals surface area contributed by atoms with Crippen molar-refractivity contribution in [3.8, 4) is 0 Å². The fraction of sp³-hybridized carbons (Fsp3) is 0.222. The van der Waals surface area contributed by atoms with Gasteiger partial charge >= 0.3 is 0 Å². The summed E-state index contributed by atoms with van der Waals surface area (Å²) in [5, 5.41) is 2.78. The van der Waals surface area contributed by atoms with E-state index in [4.69, 9.17) is 0 Å². The number of aryl methyl sites for hydroxylation is 1. The van der Waals surface area contributed by atoms with Crippen LogP contribution >= 0.6 is 0 Å². The number of hydrogen-bond acceptors (Lipinski definition) is 2. The molecule has 112 valence electrons. The van der Waals surface area contributed by atoms with Gasteiger partial charge in [0.1, 0.15) is 6.04 Å². The van der Waals surface area contributed by atoms with Crippen LogP contribution in [0.4, 0.5) is 11.4 Å². The maximum absolute atomic E-state index is 13.0. The molecule has 4 nitrogen and oxygen atoms in total. The van der Waals surface area contributed by atoms with E-state index >= 15 is 0 Å². The van der Waals surface area contributed by atoms with Crippen molar-refractivity contribution in [2.75, 3.05) is 4.90 Å². The Labute approximate surface area is 129 Å². The summed E-state index contributed by atoms with van der Waals surface area (Å²) in [6.45, 7) is 1.44. The first-order valence-corrected chi connectivity index (χ1v) is 7.41. The maximum Gasteiger partial charge on any atom is 0.254 e. The van der Waals surface area contributed by atoms with Crippen LogP contribution in [0.3, 0.4) is 0 Å². The van der Waals surface area contributed by atoms with Crippen LogP contribution in [0.25, 0.3) is 0 Å². The molecule has 2 aromatic carbocycles. The predicted molar refractivity (Wildman–Crippen MR) is 86.0 cm³/mol. The normalized spacial score (nSPS) is 17.6. The molecule has 3 rings (SSSR count). The summed E-state index contributed by atoms with van der Waals surface area (Å²) >= 11 is 0. The van der Waals surface area contributed by atoms with Crippen LogP contribution in [0.2, 0.25) is 0 Å². The zero-order valence-corrected chi connectivity index (χ0v) is 12.5. The van der Waals surface area contributed by atoms with Gasteiger partial charge in [-0.25, -0.2) is 0 Å². The molecule has 1 unspecified atom stereocenters. The minimum atomic E-state index is -0.495. The van der Waals surface area contributed by atoms with Crippen LogP contribution < -0.4 is 10.2 Å². The van der Waals surface area contributed by atoms with E-state index in [1.54, 1.807) is 4.90 Å². The second kappa shape index (κ2) is 6.02. The number of nitrogens with zero attached hydrogens (tertiary/aromatic N) is 1. The van der Waals surface area contributed by atoms with Gasteiger partial charge in [0.05, 0.1) is 5.69 Å². The van der Waals surface area contributed by atoms with E-state index in [0.717, 1.165) is 23.4 Å². The number of carbonyl (C=O) groups is 2. The summed E-state index contributed by atoms with van der Waals surface area (Å²) < 4.78 is 0. The largest absolute Gasteiger partial charge is 0.345 e. The summed E-state index contributed by atoms with van der Waals surface area (Å²) in [6.07, 6.45) is 1.37. The first-order valence-electron chi connectivity index (χ1n) is 7.41. The molecular formula is C18H18N2O2. The number of para-hydroxylation sites is 2. The molecule has 1 aliphatic heterocycles. The Kier molecular flexibility index (Phi) is 3.92. The third kappa shape index (κ3) is 2.72. The van der Waals surface area contributed by atoms with Gasteiger partial charge in [0, 0.05) is 12.6 Å². The van der Waals surface area contributed by atoms with Crippen molar-refractivity contribution in [1.82, 2.24) is 5.32 Å². The molecular weight excluding hydrogens is 276 g/mol. The standard InChI is InChI=1S/C18H18N2O2/c1-13(21)19-16-12-11-14-7-5-6-10-17(14)20(18(16)22)15-8-3-2-4-9-15/h2-10,16H,11-12H2,1H3,(H,19,21). The van der Waals surface area contributed by atoms with Gasteiger partial charge in [-0.05, 0) is 36.6 Å². The fourth-order valence-electron chi connectivity index (χ4n) is 2.86. The molecule has 0 aromatic heterocycles. The lowest BCUT2D eigenvalue weighted by Crippen LogP contribution is -2.45.